The molecule has 1 unspecified atom stereocenters. The average Bonchev–Trinajstić information content (AvgIpc) is 2.91. The van der Waals surface area contributed by atoms with Crippen LogP contribution in [0.4, 0.5) is 0 Å². The molecule has 1 saturated heterocycles. The molecule has 0 saturated carbocycles. The minimum absolute atomic E-state index is 0.378. The molecular weight excluding hydrogens is 190 g/mol. The summed E-state index contributed by atoms with van der Waals surface area (Å²) in [7, 11) is 0. The molecule has 0 bridgehead atoms. The minimum Gasteiger partial charge on any atom is -0.424 e. The van der Waals surface area contributed by atoms with E-state index in [4.69, 9.17) is 4.42 Å². The first kappa shape index (κ1) is 9.09. The Balaban J connectivity index is 1.78. The number of nitrogens with one attached hydrogen (secondary N) is 1. The van der Waals surface area contributed by atoms with Gasteiger partial charge < -0.3 is 9.73 Å². The molecule has 2 heterocycles. The number of allylic oxidation sites excluding steroid dienone is 1. The molecule has 4 heteroatoms. The largest absolute Gasteiger partial charge is 0.424 e. The van der Waals surface area contributed by atoms with Crippen LogP contribution in [0.3, 0.4) is 0 Å². The molecule has 1 aliphatic heterocycles. The molecule has 4 nitrogen and oxygen atoms in total. The van der Waals surface area contributed by atoms with E-state index in [1.54, 1.807) is 0 Å². The van der Waals surface area contributed by atoms with Crippen LogP contribution in [-0.4, -0.2) is 22.3 Å². The van der Waals surface area contributed by atoms with Crippen molar-refractivity contribution >= 4 is 5.57 Å². The smallest absolute Gasteiger partial charge is 0.243 e. The Labute approximate surface area is 88.8 Å². The molecule has 3 rings (SSSR count). The van der Waals surface area contributed by atoms with Crippen LogP contribution in [0.1, 0.15) is 38.0 Å². The van der Waals surface area contributed by atoms with Crippen molar-refractivity contribution < 1.29 is 4.42 Å². The van der Waals surface area contributed by atoms with Gasteiger partial charge in [0.05, 0.1) is 0 Å². The quantitative estimate of drug-likeness (QED) is 0.759. The van der Waals surface area contributed by atoms with Gasteiger partial charge in [-0.3, -0.25) is 0 Å². The van der Waals surface area contributed by atoms with Crippen LogP contribution >= 0.6 is 0 Å². The Morgan fingerprint density at radius 2 is 2.40 bits per heavy atom. The van der Waals surface area contributed by atoms with Gasteiger partial charge in [0, 0.05) is 11.1 Å². The SMILES string of the molecule is C1=C(c2nnco2)CCC2(C1)CCCN2. The van der Waals surface area contributed by atoms with Crippen molar-refractivity contribution in [3.8, 4) is 0 Å². The normalized spacial score (nSPS) is 30.8. The lowest BCUT2D eigenvalue weighted by Gasteiger charge is -2.32. The summed E-state index contributed by atoms with van der Waals surface area (Å²) in [6.07, 6.45) is 9.62. The van der Waals surface area contributed by atoms with Gasteiger partial charge in [0.1, 0.15) is 0 Å². The van der Waals surface area contributed by atoms with Crippen molar-refractivity contribution in [2.45, 2.75) is 37.6 Å². The van der Waals surface area contributed by atoms with Crippen molar-refractivity contribution in [2.24, 2.45) is 0 Å². The van der Waals surface area contributed by atoms with E-state index >= 15 is 0 Å². The maximum Gasteiger partial charge on any atom is 0.243 e. The number of nitrogens with zero attached hydrogens (tertiary/aromatic N) is 2. The van der Waals surface area contributed by atoms with Crippen LogP contribution in [0.2, 0.25) is 0 Å². The zero-order valence-electron chi connectivity index (χ0n) is 8.70. The molecule has 80 valence electrons. The standard InChI is InChI=1S/C11H15N3O/c1-4-11(12-7-1)5-2-9(3-6-11)10-14-13-8-15-10/h2,8,12H,1,3-7H2. The van der Waals surface area contributed by atoms with Crippen LogP contribution in [0.25, 0.3) is 5.57 Å². The van der Waals surface area contributed by atoms with Crippen LogP contribution in [0.5, 0.6) is 0 Å². The van der Waals surface area contributed by atoms with Gasteiger partial charge in [0.2, 0.25) is 12.3 Å². The van der Waals surface area contributed by atoms with Gasteiger partial charge >= 0.3 is 0 Å². The van der Waals surface area contributed by atoms with Crippen molar-refractivity contribution in [2.75, 3.05) is 6.54 Å². The maximum absolute atomic E-state index is 5.21. The van der Waals surface area contributed by atoms with Gasteiger partial charge in [-0.15, -0.1) is 10.2 Å². The monoisotopic (exact) mass is 205 g/mol. The second kappa shape index (κ2) is 3.45. The molecule has 15 heavy (non-hydrogen) atoms. The second-order valence-electron chi connectivity index (χ2n) is 4.49. The molecule has 1 aromatic heterocycles. The number of hydrogen-bond acceptors (Lipinski definition) is 4. The summed E-state index contributed by atoms with van der Waals surface area (Å²) in [4.78, 5) is 0. The summed E-state index contributed by atoms with van der Waals surface area (Å²) in [5.41, 5.74) is 1.59. The molecule has 1 N–H and O–H groups in total. The van der Waals surface area contributed by atoms with Gasteiger partial charge in [-0.05, 0) is 38.6 Å². The lowest BCUT2D eigenvalue weighted by atomic mass is 9.81. The summed E-state index contributed by atoms with van der Waals surface area (Å²) in [6.45, 7) is 1.17. The van der Waals surface area contributed by atoms with E-state index in [0.717, 1.165) is 12.8 Å². The molecular formula is C11H15N3O. The highest BCUT2D eigenvalue weighted by Crippen LogP contribution is 2.36. The van der Waals surface area contributed by atoms with E-state index in [1.165, 1.54) is 37.8 Å². The van der Waals surface area contributed by atoms with Gasteiger partial charge in [-0.1, -0.05) is 6.08 Å². The second-order valence-corrected chi connectivity index (χ2v) is 4.49. The molecule has 1 spiro atoms. The van der Waals surface area contributed by atoms with Crippen LogP contribution in [0, 0.1) is 0 Å². The third-order valence-corrected chi connectivity index (χ3v) is 3.58. The molecule has 0 radical (unpaired) electrons. The fraction of sp³-hybridized carbons (Fsp3) is 0.636. The fourth-order valence-corrected chi connectivity index (χ4v) is 2.66. The molecule has 1 aliphatic carbocycles. The highest BCUT2D eigenvalue weighted by molar-refractivity contribution is 5.59. The predicted molar refractivity (Wildman–Crippen MR) is 56.1 cm³/mol. The topological polar surface area (TPSA) is 51.0 Å². The van der Waals surface area contributed by atoms with E-state index in [9.17, 15) is 0 Å². The molecule has 0 amide bonds. The Kier molecular flexibility index (Phi) is 2.09. The summed E-state index contributed by atoms with van der Waals surface area (Å²) >= 11 is 0. The van der Waals surface area contributed by atoms with E-state index in [0.29, 0.717) is 11.4 Å². The number of aromatic nitrogens is 2. The zero-order chi connectivity index (χ0) is 10.1. The minimum atomic E-state index is 0.378. The third-order valence-electron chi connectivity index (χ3n) is 3.58. The summed E-state index contributed by atoms with van der Waals surface area (Å²) in [6, 6.07) is 0. The highest BCUT2D eigenvalue weighted by atomic mass is 16.4. The third kappa shape index (κ3) is 1.59. The van der Waals surface area contributed by atoms with Gasteiger partial charge in [-0.25, -0.2) is 0 Å². The zero-order valence-corrected chi connectivity index (χ0v) is 8.70. The van der Waals surface area contributed by atoms with Crippen molar-refractivity contribution in [1.82, 2.24) is 15.5 Å². The Morgan fingerprint density at radius 1 is 1.40 bits per heavy atom. The first-order valence-electron chi connectivity index (χ1n) is 5.59. The Hall–Kier alpha value is -1.16. The molecule has 1 fully saturated rings. The predicted octanol–water partition coefficient (Wildman–Crippen LogP) is 1.76. The van der Waals surface area contributed by atoms with Crippen LogP contribution in [0.15, 0.2) is 16.9 Å². The van der Waals surface area contributed by atoms with Crippen molar-refractivity contribution in [3.05, 3.63) is 18.4 Å². The van der Waals surface area contributed by atoms with Gasteiger partial charge in [-0.2, -0.15) is 0 Å². The lowest BCUT2D eigenvalue weighted by molar-refractivity contribution is 0.345. The highest BCUT2D eigenvalue weighted by Gasteiger charge is 2.35. The first-order valence-corrected chi connectivity index (χ1v) is 5.59. The molecule has 1 atom stereocenters. The summed E-state index contributed by atoms with van der Waals surface area (Å²) in [5, 5.41) is 11.3. The van der Waals surface area contributed by atoms with Crippen LogP contribution < -0.4 is 5.32 Å². The summed E-state index contributed by atoms with van der Waals surface area (Å²) in [5.74, 6) is 0.697. The average molecular weight is 205 g/mol. The van der Waals surface area contributed by atoms with Gasteiger partial charge in [0.15, 0.2) is 0 Å². The Morgan fingerprint density at radius 3 is 3.00 bits per heavy atom. The molecule has 1 aromatic rings. The Bertz CT molecular complexity index is 363. The van der Waals surface area contributed by atoms with Gasteiger partial charge in [0.25, 0.3) is 0 Å². The van der Waals surface area contributed by atoms with Crippen LogP contribution in [-0.2, 0) is 0 Å². The molecule has 0 aromatic carbocycles. The first-order chi connectivity index (χ1) is 7.38. The number of hydrogen-bond donors (Lipinski definition) is 1. The van der Waals surface area contributed by atoms with E-state index in [1.807, 2.05) is 0 Å². The fourth-order valence-electron chi connectivity index (χ4n) is 2.66. The van der Waals surface area contributed by atoms with Crippen molar-refractivity contribution in [1.29, 1.82) is 0 Å². The van der Waals surface area contributed by atoms with E-state index < -0.39 is 0 Å². The van der Waals surface area contributed by atoms with Crippen molar-refractivity contribution in [3.63, 3.8) is 0 Å². The van der Waals surface area contributed by atoms with E-state index in [-0.39, 0.29) is 0 Å². The molecule has 2 aliphatic rings. The van der Waals surface area contributed by atoms with E-state index in [2.05, 4.69) is 21.6 Å². The lowest BCUT2D eigenvalue weighted by Crippen LogP contribution is -2.40. The number of rotatable bonds is 1. The summed E-state index contributed by atoms with van der Waals surface area (Å²) < 4.78 is 5.21. The maximum atomic E-state index is 5.21.